The molecule has 0 bridgehead atoms. The maximum atomic E-state index is 11.8. The number of amides is 1. The van der Waals surface area contributed by atoms with Gasteiger partial charge in [0.15, 0.2) is 0 Å². The number of piperidine rings is 1. The Kier molecular flexibility index (Phi) is 7.05. The van der Waals surface area contributed by atoms with E-state index >= 15 is 0 Å². The molecule has 0 saturated carbocycles. The van der Waals surface area contributed by atoms with Gasteiger partial charge in [-0.05, 0) is 38.0 Å². The highest BCUT2D eigenvalue weighted by molar-refractivity contribution is 9.09. The number of halogens is 1. The van der Waals surface area contributed by atoms with E-state index in [1.165, 1.54) is 0 Å². The Labute approximate surface area is 106 Å². The topological polar surface area (TPSA) is 40.5 Å². The number of aliphatic hydroxyl groups is 1. The van der Waals surface area contributed by atoms with Crippen molar-refractivity contribution in [2.24, 2.45) is 5.92 Å². The van der Waals surface area contributed by atoms with E-state index in [1.807, 2.05) is 4.90 Å². The summed E-state index contributed by atoms with van der Waals surface area (Å²) in [5.74, 6) is 0.931. The van der Waals surface area contributed by atoms with Crippen molar-refractivity contribution >= 4 is 21.8 Å². The fraction of sp³-hybridized carbons (Fsp3) is 0.917. The molecule has 1 N–H and O–H groups in total. The van der Waals surface area contributed by atoms with E-state index in [9.17, 15) is 4.79 Å². The Bertz CT molecular complexity index is 203. The lowest BCUT2D eigenvalue weighted by Gasteiger charge is -2.31. The zero-order chi connectivity index (χ0) is 11.8. The average molecular weight is 292 g/mol. The third kappa shape index (κ3) is 4.83. The number of unbranched alkanes of at least 4 members (excludes halogenated alkanes) is 1. The van der Waals surface area contributed by atoms with E-state index in [4.69, 9.17) is 5.11 Å². The van der Waals surface area contributed by atoms with E-state index in [0.717, 1.165) is 50.5 Å². The Balaban J connectivity index is 2.17. The lowest BCUT2D eigenvalue weighted by Crippen LogP contribution is -2.38. The minimum absolute atomic E-state index is 0.282. The van der Waals surface area contributed by atoms with Crippen LogP contribution in [-0.2, 0) is 4.79 Å². The molecule has 1 amide bonds. The summed E-state index contributed by atoms with van der Waals surface area (Å²) in [6.45, 7) is 2.06. The van der Waals surface area contributed by atoms with Gasteiger partial charge in [0.2, 0.25) is 5.91 Å². The summed E-state index contributed by atoms with van der Waals surface area (Å²) in [5, 5.41) is 9.84. The zero-order valence-corrected chi connectivity index (χ0v) is 11.4. The van der Waals surface area contributed by atoms with Crippen LogP contribution in [0.4, 0.5) is 0 Å². The van der Waals surface area contributed by atoms with Crippen molar-refractivity contribution < 1.29 is 9.90 Å². The second-order valence-electron chi connectivity index (χ2n) is 4.48. The monoisotopic (exact) mass is 291 g/mol. The highest BCUT2D eigenvalue weighted by atomic mass is 79.9. The normalized spacial score (nSPS) is 17.8. The first-order chi connectivity index (χ1) is 7.77. The molecule has 0 aromatic rings. The molecule has 0 aliphatic carbocycles. The van der Waals surface area contributed by atoms with Crippen molar-refractivity contribution in [2.75, 3.05) is 25.0 Å². The van der Waals surface area contributed by atoms with Crippen molar-refractivity contribution in [3.8, 4) is 0 Å². The molecule has 94 valence electrons. The Morgan fingerprint density at radius 2 is 2.00 bits per heavy atom. The summed E-state index contributed by atoms with van der Waals surface area (Å²) in [7, 11) is 0. The first-order valence-corrected chi connectivity index (χ1v) is 7.34. The fourth-order valence-electron chi connectivity index (χ4n) is 2.18. The molecular formula is C12H22BrNO2. The lowest BCUT2D eigenvalue weighted by atomic mass is 9.94. The SMILES string of the molecule is O=C(CCCCBr)N1CCC(CCO)CC1. The standard InChI is InChI=1S/C12H22BrNO2/c13-7-2-1-3-12(16)14-8-4-11(5-9-14)6-10-15/h11,15H,1-10H2. The number of likely N-dealkylation sites (tertiary alicyclic amines) is 1. The summed E-state index contributed by atoms with van der Waals surface area (Å²) >= 11 is 3.37. The van der Waals surface area contributed by atoms with Crippen LogP contribution >= 0.6 is 15.9 Å². The first kappa shape index (κ1) is 14.0. The molecule has 1 aliphatic heterocycles. The fourth-order valence-corrected chi connectivity index (χ4v) is 2.58. The number of hydrogen-bond acceptors (Lipinski definition) is 2. The van der Waals surface area contributed by atoms with Gasteiger partial charge in [-0.3, -0.25) is 4.79 Å². The summed E-state index contributed by atoms with van der Waals surface area (Å²) in [5.41, 5.74) is 0. The average Bonchev–Trinajstić information content (AvgIpc) is 2.30. The molecule has 1 heterocycles. The van der Waals surface area contributed by atoms with E-state index in [-0.39, 0.29) is 6.61 Å². The first-order valence-electron chi connectivity index (χ1n) is 6.22. The molecular weight excluding hydrogens is 270 g/mol. The van der Waals surface area contributed by atoms with Gasteiger partial charge < -0.3 is 10.0 Å². The van der Waals surface area contributed by atoms with Crippen molar-refractivity contribution in [3.05, 3.63) is 0 Å². The second-order valence-corrected chi connectivity index (χ2v) is 5.28. The predicted molar refractivity (Wildman–Crippen MR) is 68.7 cm³/mol. The van der Waals surface area contributed by atoms with Crippen LogP contribution in [-0.4, -0.2) is 40.9 Å². The number of rotatable bonds is 6. The van der Waals surface area contributed by atoms with Crippen LogP contribution < -0.4 is 0 Å². The quantitative estimate of drug-likeness (QED) is 0.602. The highest BCUT2D eigenvalue weighted by Gasteiger charge is 2.21. The van der Waals surface area contributed by atoms with Gasteiger partial charge in [0.1, 0.15) is 0 Å². The van der Waals surface area contributed by atoms with Crippen LogP contribution in [0.5, 0.6) is 0 Å². The molecule has 0 aromatic heterocycles. The highest BCUT2D eigenvalue weighted by Crippen LogP contribution is 2.20. The van der Waals surface area contributed by atoms with E-state index in [0.29, 0.717) is 18.2 Å². The molecule has 4 heteroatoms. The maximum absolute atomic E-state index is 11.8. The smallest absolute Gasteiger partial charge is 0.222 e. The molecule has 0 aromatic carbocycles. The summed E-state index contributed by atoms with van der Waals surface area (Å²) < 4.78 is 0. The molecule has 1 aliphatic rings. The van der Waals surface area contributed by atoms with Crippen LogP contribution in [0, 0.1) is 5.92 Å². The Morgan fingerprint density at radius 3 is 2.56 bits per heavy atom. The van der Waals surface area contributed by atoms with Crippen LogP contribution in [0.2, 0.25) is 0 Å². The largest absolute Gasteiger partial charge is 0.396 e. The van der Waals surface area contributed by atoms with Crippen molar-refractivity contribution in [1.29, 1.82) is 0 Å². The van der Waals surface area contributed by atoms with Crippen LogP contribution in [0.25, 0.3) is 0 Å². The number of hydrogen-bond donors (Lipinski definition) is 1. The van der Waals surface area contributed by atoms with Crippen LogP contribution in [0.3, 0.4) is 0 Å². The van der Waals surface area contributed by atoms with E-state index in [2.05, 4.69) is 15.9 Å². The number of alkyl halides is 1. The second kappa shape index (κ2) is 8.07. The van der Waals surface area contributed by atoms with Crippen LogP contribution in [0.1, 0.15) is 38.5 Å². The number of nitrogens with zero attached hydrogens (tertiary/aromatic N) is 1. The number of aliphatic hydroxyl groups excluding tert-OH is 1. The third-order valence-corrected chi connectivity index (χ3v) is 3.84. The molecule has 0 atom stereocenters. The molecule has 0 radical (unpaired) electrons. The maximum Gasteiger partial charge on any atom is 0.222 e. The Hall–Kier alpha value is -0.0900. The minimum atomic E-state index is 0.282. The van der Waals surface area contributed by atoms with Crippen molar-refractivity contribution in [3.63, 3.8) is 0 Å². The lowest BCUT2D eigenvalue weighted by molar-refractivity contribution is -0.132. The molecule has 3 nitrogen and oxygen atoms in total. The zero-order valence-electron chi connectivity index (χ0n) is 9.83. The summed E-state index contributed by atoms with van der Waals surface area (Å²) in [6.07, 6.45) is 5.77. The Morgan fingerprint density at radius 1 is 1.31 bits per heavy atom. The van der Waals surface area contributed by atoms with E-state index in [1.54, 1.807) is 0 Å². The van der Waals surface area contributed by atoms with Gasteiger partial charge >= 0.3 is 0 Å². The van der Waals surface area contributed by atoms with Gasteiger partial charge in [0, 0.05) is 31.4 Å². The van der Waals surface area contributed by atoms with Gasteiger partial charge in [-0.25, -0.2) is 0 Å². The van der Waals surface area contributed by atoms with Gasteiger partial charge in [0.05, 0.1) is 0 Å². The summed E-state index contributed by atoms with van der Waals surface area (Å²) in [4.78, 5) is 13.8. The van der Waals surface area contributed by atoms with Gasteiger partial charge in [-0.1, -0.05) is 15.9 Å². The van der Waals surface area contributed by atoms with Crippen LogP contribution in [0.15, 0.2) is 0 Å². The molecule has 0 spiro atoms. The number of carbonyl (C=O) groups excluding carboxylic acids is 1. The summed E-state index contributed by atoms with van der Waals surface area (Å²) in [6, 6.07) is 0. The molecule has 16 heavy (non-hydrogen) atoms. The van der Waals surface area contributed by atoms with E-state index < -0.39 is 0 Å². The molecule has 1 rings (SSSR count). The van der Waals surface area contributed by atoms with Crippen molar-refractivity contribution in [1.82, 2.24) is 4.90 Å². The minimum Gasteiger partial charge on any atom is -0.396 e. The molecule has 0 unspecified atom stereocenters. The number of carbonyl (C=O) groups is 1. The third-order valence-electron chi connectivity index (χ3n) is 3.28. The van der Waals surface area contributed by atoms with Gasteiger partial charge in [0.25, 0.3) is 0 Å². The van der Waals surface area contributed by atoms with Gasteiger partial charge in [-0.15, -0.1) is 0 Å². The predicted octanol–water partition coefficient (Wildman–Crippen LogP) is 2.17. The van der Waals surface area contributed by atoms with Gasteiger partial charge in [-0.2, -0.15) is 0 Å². The molecule has 1 saturated heterocycles. The van der Waals surface area contributed by atoms with Crippen molar-refractivity contribution in [2.45, 2.75) is 38.5 Å². The molecule has 1 fully saturated rings.